The van der Waals surface area contributed by atoms with E-state index in [0.717, 1.165) is 52.9 Å². The summed E-state index contributed by atoms with van der Waals surface area (Å²) in [5.74, 6) is 2.89. The van der Waals surface area contributed by atoms with Crippen LogP contribution in [-0.2, 0) is 0 Å². The fraction of sp³-hybridized carbons (Fsp3) is 0.269. The van der Waals surface area contributed by atoms with Crippen molar-refractivity contribution in [1.29, 1.82) is 0 Å². The third-order valence-electron chi connectivity index (χ3n) is 6.06. The average molecular weight is 477 g/mol. The molecule has 8 heteroatoms. The van der Waals surface area contributed by atoms with E-state index in [9.17, 15) is 4.79 Å². The molecular formula is C26H25ClN4O3. The van der Waals surface area contributed by atoms with Crippen LogP contribution in [0.4, 0.5) is 5.69 Å². The van der Waals surface area contributed by atoms with Crippen LogP contribution in [0.1, 0.15) is 27.9 Å². The number of rotatable bonds is 2. The van der Waals surface area contributed by atoms with Crippen LogP contribution in [0, 0.1) is 6.92 Å². The van der Waals surface area contributed by atoms with Crippen LogP contribution in [0.5, 0.6) is 17.2 Å². The first-order valence-electron chi connectivity index (χ1n) is 11.2. The van der Waals surface area contributed by atoms with Crippen LogP contribution < -0.4 is 9.47 Å². The second-order valence-electron chi connectivity index (χ2n) is 8.35. The molecule has 3 heterocycles. The number of carbonyl (C=O) groups is 1. The lowest BCUT2D eigenvalue weighted by atomic mass is 10.1. The Bertz CT molecular complexity index is 1280. The van der Waals surface area contributed by atoms with Gasteiger partial charge in [0.2, 0.25) is 0 Å². The molecule has 174 valence electrons. The maximum absolute atomic E-state index is 13.1. The highest BCUT2D eigenvalue weighted by molar-refractivity contribution is 6.32. The number of ether oxygens (including phenoxy) is 2. The number of benzene rings is 2. The number of halogens is 1. The van der Waals surface area contributed by atoms with Crippen molar-refractivity contribution in [2.75, 3.05) is 33.3 Å². The largest absolute Gasteiger partial charge is 0.497 e. The molecule has 1 fully saturated rings. The van der Waals surface area contributed by atoms with E-state index >= 15 is 0 Å². The molecule has 0 N–H and O–H groups in total. The van der Waals surface area contributed by atoms with Gasteiger partial charge in [-0.2, -0.15) is 0 Å². The molecule has 1 amide bonds. The van der Waals surface area contributed by atoms with Crippen LogP contribution in [-0.4, -0.2) is 59.8 Å². The zero-order valence-electron chi connectivity index (χ0n) is 19.1. The minimum absolute atomic E-state index is 0.103. The molecule has 5 rings (SSSR count). The Morgan fingerprint density at radius 2 is 1.94 bits per heavy atom. The normalized spacial score (nSPS) is 15.3. The number of methoxy groups -OCH3 is 1. The minimum Gasteiger partial charge on any atom is -0.497 e. The molecule has 0 bridgehead atoms. The maximum Gasteiger partial charge on any atom is 0.257 e. The molecule has 2 aromatic carbocycles. The van der Waals surface area contributed by atoms with Gasteiger partial charge in [0.05, 0.1) is 18.2 Å². The average Bonchev–Trinajstić information content (AvgIpc) is 3.18. The second-order valence-corrected chi connectivity index (χ2v) is 8.70. The molecule has 0 aliphatic carbocycles. The molecule has 1 saturated heterocycles. The van der Waals surface area contributed by atoms with Crippen molar-refractivity contribution >= 4 is 29.0 Å². The smallest absolute Gasteiger partial charge is 0.257 e. The molecular weight excluding hydrogens is 452 g/mol. The molecule has 7 nitrogen and oxygen atoms in total. The second kappa shape index (κ2) is 9.35. The van der Waals surface area contributed by atoms with E-state index in [0.29, 0.717) is 25.2 Å². The number of amides is 1. The monoisotopic (exact) mass is 476 g/mol. The minimum atomic E-state index is -0.103. The van der Waals surface area contributed by atoms with Gasteiger partial charge in [-0.05, 0) is 61.4 Å². The van der Waals surface area contributed by atoms with Crippen LogP contribution in [0.3, 0.4) is 0 Å². The molecule has 34 heavy (non-hydrogen) atoms. The number of pyridine rings is 1. The van der Waals surface area contributed by atoms with Crippen LogP contribution >= 0.6 is 11.6 Å². The Balaban J connectivity index is 1.48. The molecule has 3 aromatic rings. The molecule has 0 radical (unpaired) electrons. The van der Waals surface area contributed by atoms with E-state index in [2.05, 4.69) is 9.88 Å². The van der Waals surface area contributed by atoms with Gasteiger partial charge in [-0.1, -0.05) is 17.7 Å². The first kappa shape index (κ1) is 22.2. The Labute approximate surface area is 203 Å². The standard InChI is InChI=1S/C26H25ClN4O3/c1-17-6-8-21-23(15-17)34-22-9-7-18(33-2)16-20(22)25(29-21)30-11-4-12-31(14-13-30)26(32)19-5-3-10-28-24(19)27/h3,5-10,15-16H,4,11-14H2,1-2H3. The van der Waals surface area contributed by atoms with Crippen molar-refractivity contribution in [1.82, 2.24) is 14.8 Å². The Hall–Kier alpha value is -3.58. The number of fused-ring (bicyclic) bond motifs is 2. The lowest BCUT2D eigenvalue weighted by Gasteiger charge is -2.25. The van der Waals surface area contributed by atoms with E-state index in [4.69, 9.17) is 26.1 Å². The summed E-state index contributed by atoms with van der Waals surface area (Å²) in [5, 5.41) is 0.229. The van der Waals surface area contributed by atoms with Crippen molar-refractivity contribution in [2.24, 2.45) is 4.99 Å². The summed E-state index contributed by atoms with van der Waals surface area (Å²) in [4.78, 5) is 26.2. The summed E-state index contributed by atoms with van der Waals surface area (Å²) in [5.41, 5.74) is 3.17. The predicted octanol–water partition coefficient (Wildman–Crippen LogP) is 5.08. The first-order chi connectivity index (χ1) is 16.5. The maximum atomic E-state index is 13.1. The lowest BCUT2D eigenvalue weighted by molar-refractivity contribution is 0.0764. The van der Waals surface area contributed by atoms with Crippen LogP contribution in [0.15, 0.2) is 59.7 Å². The van der Waals surface area contributed by atoms with Crippen molar-refractivity contribution in [3.05, 3.63) is 76.6 Å². The van der Waals surface area contributed by atoms with E-state index in [1.165, 1.54) is 0 Å². The zero-order chi connectivity index (χ0) is 23.7. The van der Waals surface area contributed by atoms with Gasteiger partial charge in [0.15, 0.2) is 5.75 Å². The molecule has 2 aliphatic heterocycles. The van der Waals surface area contributed by atoms with Crippen molar-refractivity contribution in [3.8, 4) is 17.2 Å². The van der Waals surface area contributed by atoms with Crippen molar-refractivity contribution in [3.63, 3.8) is 0 Å². The van der Waals surface area contributed by atoms with E-state index < -0.39 is 0 Å². The van der Waals surface area contributed by atoms with E-state index in [1.54, 1.807) is 25.4 Å². The van der Waals surface area contributed by atoms with Gasteiger partial charge >= 0.3 is 0 Å². The quantitative estimate of drug-likeness (QED) is 0.482. The number of amidine groups is 1. The molecule has 0 saturated carbocycles. The van der Waals surface area contributed by atoms with Crippen LogP contribution in [0.25, 0.3) is 0 Å². The van der Waals surface area contributed by atoms with E-state index in [-0.39, 0.29) is 11.1 Å². The van der Waals surface area contributed by atoms with Gasteiger partial charge in [-0.15, -0.1) is 0 Å². The highest BCUT2D eigenvalue weighted by atomic mass is 35.5. The third kappa shape index (κ3) is 4.31. The summed E-state index contributed by atoms with van der Waals surface area (Å²) >= 11 is 6.18. The lowest BCUT2D eigenvalue weighted by Crippen LogP contribution is -2.37. The fourth-order valence-corrected chi connectivity index (χ4v) is 4.48. The molecule has 0 spiro atoms. The topological polar surface area (TPSA) is 67.3 Å². The summed E-state index contributed by atoms with van der Waals surface area (Å²) in [6.45, 7) is 4.58. The van der Waals surface area contributed by atoms with Gasteiger partial charge in [0.1, 0.15) is 28.2 Å². The number of hydrogen-bond donors (Lipinski definition) is 0. The predicted molar refractivity (Wildman–Crippen MR) is 132 cm³/mol. The van der Waals surface area contributed by atoms with Gasteiger partial charge in [-0.3, -0.25) is 4.79 Å². The van der Waals surface area contributed by atoms with Gasteiger partial charge in [0.25, 0.3) is 5.91 Å². The van der Waals surface area contributed by atoms with Gasteiger partial charge in [0, 0.05) is 32.4 Å². The number of aryl methyl sites for hydroxylation is 1. The van der Waals surface area contributed by atoms with E-state index in [1.807, 2.05) is 48.2 Å². The Kier molecular flexibility index (Phi) is 6.11. The highest BCUT2D eigenvalue weighted by Gasteiger charge is 2.27. The summed E-state index contributed by atoms with van der Waals surface area (Å²) in [6.07, 6.45) is 2.38. The Morgan fingerprint density at radius 1 is 1.06 bits per heavy atom. The number of hydrogen-bond acceptors (Lipinski definition) is 6. The summed E-state index contributed by atoms with van der Waals surface area (Å²) in [7, 11) is 1.65. The number of nitrogens with zero attached hydrogens (tertiary/aromatic N) is 4. The fourth-order valence-electron chi connectivity index (χ4n) is 4.28. The Morgan fingerprint density at radius 3 is 2.76 bits per heavy atom. The SMILES string of the molecule is COc1ccc2c(c1)C(N1CCCN(C(=O)c3cccnc3Cl)CC1)=Nc1ccc(C)cc1O2. The molecule has 0 unspecified atom stereocenters. The number of aliphatic imine (C=N–C) groups is 1. The van der Waals surface area contributed by atoms with Crippen molar-refractivity contribution < 1.29 is 14.3 Å². The zero-order valence-corrected chi connectivity index (χ0v) is 19.9. The van der Waals surface area contributed by atoms with Crippen LogP contribution in [0.2, 0.25) is 5.15 Å². The molecule has 2 aliphatic rings. The highest BCUT2D eigenvalue weighted by Crippen LogP contribution is 2.40. The summed E-state index contributed by atoms with van der Waals surface area (Å²) in [6, 6.07) is 15.2. The third-order valence-corrected chi connectivity index (χ3v) is 6.36. The van der Waals surface area contributed by atoms with Gasteiger partial charge < -0.3 is 19.3 Å². The molecule has 1 aromatic heterocycles. The number of carbonyl (C=O) groups excluding carboxylic acids is 1. The van der Waals surface area contributed by atoms with Gasteiger partial charge in [-0.25, -0.2) is 9.98 Å². The summed E-state index contributed by atoms with van der Waals surface area (Å²) < 4.78 is 11.8. The molecule has 0 atom stereocenters. The number of aromatic nitrogens is 1. The van der Waals surface area contributed by atoms with Crippen molar-refractivity contribution in [2.45, 2.75) is 13.3 Å². The first-order valence-corrected chi connectivity index (χ1v) is 11.6.